The van der Waals surface area contributed by atoms with Crippen molar-refractivity contribution in [3.8, 4) is 0 Å². The Hall–Kier alpha value is -1.01. The molecule has 0 aliphatic heterocycles. The fraction of sp³-hybridized carbons (Fsp3) is 0.364. The zero-order valence-electron chi connectivity index (χ0n) is 9.72. The number of hydrogen-bond acceptors (Lipinski definition) is 5. The minimum Gasteiger partial charge on any atom is -0.341 e. The van der Waals surface area contributed by atoms with Crippen molar-refractivity contribution in [2.75, 3.05) is 11.4 Å². The average Bonchev–Trinajstić information content (AvgIpc) is 2.73. The first-order valence-electron chi connectivity index (χ1n) is 5.35. The van der Waals surface area contributed by atoms with Gasteiger partial charge in [0.05, 0.1) is 12.2 Å². The predicted molar refractivity (Wildman–Crippen MR) is 73.3 cm³/mol. The number of anilines is 1. The Morgan fingerprint density at radius 2 is 2.18 bits per heavy atom. The largest absolute Gasteiger partial charge is 0.341 e. The highest BCUT2D eigenvalue weighted by Crippen LogP contribution is 2.24. The van der Waals surface area contributed by atoms with E-state index in [4.69, 9.17) is 0 Å². The molecule has 0 amide bonds. The van der Waals surface area contributed by atoms with Crippen molar-refractivity contribution in [2.45, 2.75) is 20.4 Å². The van der Waals surface area contributed by atoms with Crippen molar-refractivity contribution in [3.05, 3.63) is 33.5 Å². The summed E-state index contributed by atoms with van der Waals surface area (Å²) in [7, 11) is 0. The third kappa shape index (κ3) is 3.23. The van der Waals surface area contributed by atoms with Gasteiger partial charge in [0.15, 0.2) is 3.92 Å². The second-order valence-electron chi connectivity index (χ2n) is 3.62. The summed E-state index contributed by atoms with van der Waals surface area (Å²) in [4.78, 5) is 6.65. The molecule has 0 fully saturated rings. The molecular weight excluding hydrogens is 300 g/mol. The van der Waals surface area contributed by atoms with Gasteiger partial charge in [-0.2, -0.15) is 0 Å². The summed E-state index contributed by atoms with van der Waals surface area (Å²) in [6.45, 7) is 5.75. The summed E-state index contributed by atoms with van der Waals surface area (Å²) in [5, 5.41) is 9.01. The Morgan fingerprint density at radius 3 is 2.76 bits per heavy atom. The molecule has 2 aromatic heterocycles. The van der Waals surface area contributed by atoms with Gasteiger partial charge < -0.3 is 4.90 Å². The first-order chi connectivity index (χ1) is 8.19. The molecule has 90 valence electrons. The molecule has 0 aliphatic rings. The van der Waals surface area contributed by atoms with Gasteiger partial charge in [-0.05, 0) is 41.9 Å². The second-order valence-corrected chi connectivity index (χ2v) is 5.85. The summed E-state index contributed by atoms with van der Waals surface area (Å²) in [6, 6.07) is 6.06. The van der Waals surface area contributed by atoms with Gasteiger partial charge in [-0.25, -0.2) is 0 Å². The number of pyridine rings is 1. The maximum atomic E-state index is 4.50. The molecule has 0 atom stereocenters. The highest BCUT2D eigenvalue weighted by Gasteiger charge is 2.11. The minimum absolute atomic E-state index is 0.764. The normalized spacial score (nSPS) is 10.5. The molecule has 0 saturated heterocycles. The van der Waals surface area contributed by atoms with Gasteiger partial charge >= 0.3 is 0 Å². The predicted octanol–water partition coefficient (Wildman–Crippen LogP) is 3.03. The van der Waals surface area contributed by atoms with Crippen LogP contribution >= 0.6 is 27.3 Å². The molecular formula is C11H13BrN4S. The average molecular weight is 313 g/mol. The van der Waals surface area contributed by atoms with Crippen molar-refractivity contribution >= 4 is 32.4 Å². The van der Waals surface area contributed by atoms with Crippen LogP contribution in [-0.2, 0) is 6.54 Å². The van der Waals surface area contributed by atoms with Gasteiger partial charge in [0.25, 0.3) is 0 Å². The molecule has 0 bridgehead atoms. The third-order valence-corrected chi connectivity index (χ3v) is 3.76. The van der Waals surface area contributed by atoms with Crippen LogP contribution in [0.5, 0.6) is 0 Å². The Kier molecular flexibility index (Phi) is 4.06. The van der Waals surface area contributed by atoms with Gasteiger partial charge in [-0.15, -0.1) is 10.2 Å². The van der Waals surface area contributed by atoms with Crippen LogP contribution in [-0.4, -0.2) is 21.7 Å². The van der Waals surface area contributed by atoms with E-state index in [0.29, 0.717) is 0 Å². The maximum Gasteiger partial charge on any atom is 0.209 e. The summed E-state index contributed by atoms with van der Waals surface area (Å²) in [6.07, 6.45) is 0. The van der Waals surface area contributed by atoms with Crippen LogP contribution in [0.25, 0.3) is 0 Å². The van der Waals surface area contributed by atoms with Crippen LogP contribution in [0.4, 0.5) is 5.13 Å². The molecule has 6 heteroatoms. The van der Waals surface area contributed by atoms with E-state index in [1.165, 1.54) is 11.3 Å². The zero-order chi connectivity index (χ0) is 12.3. The maximum absolute atomic E-state index is 4.50. The fourth-order valence-corrected chi connectivity index (χ4v) is 2.67. The van der Waals surface area contributed by atoms with Crippen LogP contribution in [0.1, 0.15) is 18.3 Å². The fourth-order valence-electron chi connectivity index (χ4n) is 1.52. The van der Waals surface area contributed by atoms with E-state index in [9.17, 15) is 0 Å². The lowest BCUT2D eigenvalue weighted by Crippen LogP contribution is -2.22. The quantitative estimate of drug-likeness (QED) is 0.870. The third-order valence-electron chi connectivity index (χ3n) is 2.34. The molecule has 2 heterocycles. The zero-order valence-corrected chi connectivity index (χ0v) is 12.1. The smallest absolute Gasteiger partial charge is 0.209 e. The highest BCUT2D eigenvalue weighted by molar-refractivity contribution is 9.11. The lowest BCUT2D eigenvalue weighted by atomic mass is 10.3. The Morgan fingerprint density at radius 1 is 1.35 bits per heavy atom. The lowest BCUT2D eigenvalue weighted by molar-refractivity contribution is 0.792. The molecule has 2 aromatic rings. The standard InChI is InChI=1S/C11H13BrN4S/c1-3-16(11-15-14-10(12)17-11)7-9-6-4-5-8(2)13-9/h4-6H,3,7H2,1-2H3. The SMILES string of the molecule is CCN(Cc1cccc(C)n1)c1nnc(Br)s1. The minimum atomic E-state index is 0.764. The van der Waals surface area contributed by atoms with E-state index < -0.39 is 0 Å². The van der Waals surface area contributed by atoms with Crippen molar-refractivity contribution in [2.24, 2.45) is 0 Å². The topological polar surface area (TPSA) is 41.9 Å². The van der Waals surface area contributed by atoms with Crippen molar-refractivity contribution in [3.63, 3.8) is 0 Å². The van der Waals surface area contributed by atoms with Gasteiger partial charge in [0, 0.05) is 12.2 Å². The molecule has 0 radical (unpaired) electrons. The molecule has 0 aliphatic carbocycles. The summed E-state index contributed by atoms with van der Waals surface area (Å²) < 4.78 is 0.808. The van der Waals surface area contributed by atoms with Crippen LogP contribution in [0, 0.1) is 6.92 Å². The van der Waals surface area contributed by atoms with Gasteiger partial charge in [-0.1, -0.05) is 17.4 Å². The molecule has 0 spiro atoms. The summed E-state index contributed by atoms with van der Waals surface area (Å²) >= 11 is 4.87. The van der Waals surface area contributed by atoms with Gasteiger partial charge in [-0.3, -0.25) is 4.98 Å². The molecule has 17 heavy (non-hydrogen) atoms. The molecule has 4 nitrogen and oxygen atoms in total. The molecule has 0 saturated carbocycles. The van der Waals surface area contributed by atoms with Crippen LogP contribution in [0.2, 0.25) is 0 Å². The van der Waals surface area contributed by atoms with E-state index in [1.54, 1.807) is 0 Å². The summed E-state index contributed by atoms with van der Waals surface area (Å²) in [5.74, 6) is 0. The van der Waals surface area contributed by atoms with E-state index in [-0.39, 0.29) is 0 Å². The van der Waals surface area contributed by atoms with E-state index >= 15 is 0 Å². The van der Waals surface area contributed by atoms with Crippen LogP contribution in [0.15, 0.2) is 22.1 Å². The molecule has 0 aromatic carbocycles. The number of aromatic nitrogens is 3. The Labute approximate surface area is 113 Å². The van der Waals surface area contributed by atoms with E-state index in [0.717, 1.165) is 33.5 Å². The lowest BCUT2D eigenvalue weighted by Gasteiger charge is -2.18. The Bertz CT molecular complexity index is 500. The number of rotatable bonds is 4. The molecule has 2 rings (SSSR count). The van der Waals surface area contributed by atoms with Crippen molar-refractivity contribution < 1.29 is 0 Å². The second kappa shape index (κ2) is 5.55. The van der Waals surface area contributed by atoms with Crippen molar-refractivity contribution in [1.82, 2.24) is 15.2 Å². The first kappa shape index (κ1) is 12.4. The number of nitrogens with zero attached hydrogens (tertiary/aromatic N) is 4. The monoisotopic (exact) mass is 312 g/mol. The number of hydrogen-bond donors (Lipinski definition) is 0. The van der Waals surface area contributed by atoms with E-state index in [2.05, 4.69) is 42.9 Å². The van der Waals surface area contributed by atoms with Crippen LogP contribution in [0.3, 0.4) is 0 Å². The number of halogens is 1. The van der Waals surface area contributed by atoms with Crippen LogP contribution < -0.4 is 4.90 Å². The van der Waals surface area contributed by atoms with E-state index in [1.807, 2.05) is 25.1 Å². The van der Waals surface area contributed by atoms with Gasteiger partial charge in [0.2, 0.25) is 5.13 Å². The highest BCUT2D eigenvalue weighted by atomic mass is 79.9. The summed E-state index contributed by atoms with van der Waals surface area (Å²) in [5.41, 5.74) is 2.09. The first-order valence-corrected chi connectivity index (χ1v) is 6.96. The van der Waals surface area contributed by atoms with Crippen molar-refractivity contribution in [1.29, 1.82) is 0 Å². The number of aryl methyl sites for hydroxylation is 1. The molecule has 0 N–H and O–H groups in total. The molecule has 0 unspecified atom stereocenters. The Balaban J connectivity index is 2.15. The van der Waals surface area contributed by atoms with Gasteiger partial charge in [0.1, 0.15) is 0 Å².